The minimum Gasteiger partial charge on any atom is -0.460 e. The monoisotopic (exact) mass is 329 g/mol. The van der Waals surface area contributed by atoms with Crippen LogP contribution in [0.1, 0.15) is 28.4 Å². The maximum atomic E-state index is 12.0. The Morgan fingerprint density at radius 3 is 2.26 bits per heavy atom. The molecule has 1 amide bonds. The second-order valence-electron chi connectivity index (χ2n) is 5.24. The SMILES string of the molecule is Cc1ccc(S[C@H](C)C(=O)OCc2ccc(C(N)=O)cc2)cc1. The van der Waals surface area contributed by atoms with Crippen LogP contribution in [0.5, 0.6) is 0 Å². The summed E-state index contributed by atoms with van der Waals surface area (Å²) in [5.74, 6) is -0.744. The third-order valence-corrected chi connectivity index (χ3v) is 4.38. The zero-order valence-corrected chi connectivity index (χ0v) is 13.9. The fourth-order valence-corrected chi connectivity index (χ4v) is 2.77. The summed E-state index contributed by atoms with van der Waals surface area (Å²) >= 11 is 1.47. The predicted octanol–water partition coefficient (Wildman–Crippen LogP) is 3.32. The van der Waals surface area contributed by atoms with Crippen molar-refractivity contribution >= 4 is 23.6 Å². The van der Waals surface area contributed by atoms with Crippen LogP contribution in [-0.4, -0.2) is 17.1 Å². The summed E-state index contributed by atoms with van der Waals surface area (Å²) in [6.07, 6.45) is 0. The van der Waals surface area contributed by atoms with E-state index < -0.39 is 5.91 Å². The van der Waals surface area contributed by atoms with E-state index in [-0.39, 0.29) is 17.8 Å². The van der Waals surface area contributed by atoms with Crippen LogP contribution < -0.4 is 5.73 Å². The van der Waals surface area contributed by atoms with Gasteiger partial charge in [-0.25, -0.2) is 0 Å². The van der Waals surface area contributed by atoms with Crippen molar-refractivity contribution in [2.75, 3.05) is 0 Å². The quantitative estimate of drug-likeness (QED) is 0.652. The van der Waals surface area contributed by atoms with Crippen molar-refractivity contribution in [1.82, 2.24) is 0 Å². The van der Waals surface area contributed by atoms with Gasteiger partial charge in [0.1, 0.15) is 11.9 Å². The lowest BCUT2D eigenvalue weighted by Gasteiger charge is -2.11. The van der Waals surface area contributed by atoms with Crippen LogP contribution in [0.15, 0.2) is 53.4 Å². The van der Waals surface area contributed by atoms with Crippen LogP contribution in [0.2, 0.25) is 0 Å². The van der Waals surface area contributed by atoms with Gasteiger partial charge in [-0.2, -0.15) is 0 Å². The zero-order valence-electron chi connectivity index (χ0n) is 13.1. The molecule has 0 aliphatic heterocycles. The van der Waals surface area contributed by atoms with Gasteiger partial charge >= 0.3 is 5.97 Å². The van der Waals surface area contributed by atoms with Crippen molar-refractivity contribution < 1.29 is 14.3 Å². The summed E-state index contributed by atoms with van der Waals surface area (Å²) in [7, 11) is 0. The Hall–Kier alpha value is -2.27. The minimum absolute atomic E-state index is 0.177. The Balaban J connectivity index is 1.86. The Bertz CT molecular complexity index is 680. The van der Waals surface area contributed by atoms with E-state index in [4.69, 9.17) is 10.5 Å². The van der Waals surface area contributed by atoms with E-state index in [1.807, 2.05) is 38.1 Å². The number of benzene rings is 2. The normalized spacial score (nSPS) is 11.7. The highest BCUT2D eigenvalue weighted by atomic mass is 32.2. The maximum Gasteiger partial charge on any atom is 0.319 e. The van der Waals surface area contributed by atoms with Gasteiger partial charge in [-0.1, -0.05) is 29.8 Å². The van der Waals surface area contributed by atoms with E-state index in [1.165, 1.54) is 17.3 Å². The Kier molecular flexibility index (Phi) is 5.82. The third kappa shape index (κ3) is 5.14. The topological polar surface area (TPSA) is 69.4 Å². The number of hydrogen-bond acceptors (Lipinski definition) is 4. The van der Waals surface area contributed by atoms with E-state index in [0.29, 0.717) is 5.56 Å². The molecule has 0 bridgehead atoms. The highest BCUT2D eigenvalue weighted by molar-refractivity contribution is 8.00. The summed E-state index contributed by atoms with van der Waals surface area (Å²) < 4.78 is 5.31. The molecule has 0 aromatic heterocycles. The van der Waals surface area contributed by atoms with Crippen molar-refractivity contribution in [1.29, 1.82) is 0 Å². The number of primary amides is 1. The molecular weight excluding hydrogens is 310 g/mol. The van der Waals surface area contributed by atoms with Gasteiger partial charge in [0.2, 0.25) is 5.91 Å². The summed E-state index contributed by atoms with van der Waals surface area (Å²) in [6, 6.07) is 14.7. The molecule has 0 unspecified atom stereocenters. The molecule has 0 fully saturated rings. The van der Waals surface area contributed by atoms with Crippen molar-refractivity contribution in [3.8, 4) is 0 Å². The highest BCUT2D eigenvalue weighted by Gasteiger charge is 2.16. The predicted molar refractivity (Wildman–Crippen MR) is 91.3 cm³/mol. The molecule has 120 valence electrons. The third-order valence-electron chi connectivity index (χ3n) is 3.29. The smallest absolute Gasteiger partial charge is 0.319 e. The van der Waals surface area contributed by atoms with Crippen LogP contribution in [0, 0.1) is 6.92 Å². The Morgan fingerprint density at radius 2 is 1.70 bits per heavy atom. The zero-order chi connectivity index (χ0) is 16.8. The van der Waals surface area contributed by atoms with Crippen LogP contribution in [0.3, 0.4) is 0 Å². The van der Waals surface area contributed by atoms with Crippen LogP contribution in [-0.2, 0) is 16.1 Å². The Labute approximate surface area is 140 Å². The van der Waals surface area contributed by atoms with E-state index in [1.54, 1.807) is 24.3 Å². The van der Waals surface area contributed by atoms with Gasteiger partial charge < -0.3 is 10.5 Å². The first kappa shape index (κ1) is 17.1. The van der Waals surface area contributed by atoms with Gasteiger partial charge in [0.05, 0.1) is 0 Å². The van der Waals surface area contributed by atoms with Crippen molar-refractivity contribution in [3.05, 3.63) is 65.2 Å². The van der Waals surface area contributed by atoms with E-state index in [0.717, 1.165) is 10.5 Å². The lowest BCUT2D eigenvalue weighted by Crippen LogP contribution is -2.16. The molecule has 2 rings (SSSR count). The summed E-state index contributed by atoms with van der Waals surface area (Å²) in [4.78, 5) is 24.1. The van der Waals surface area contributed by atoms with E-state index in [9.17, 15) is 9.59 Å². The fourth-order valence-electron chi connectivity index (χ4n) is 1.91. The largest absolute Gasteiger partial charge is 0.460 e. The molecule has 2 N–H and O–H groups in total. The minimum atomic E-state index is -0.475. The molecule has 4 nitrogen and oxygen atoms in total. The van der Waals surface area contributed by atoms with Crippen molar-refractivity contribution in [2.45, 2.75) is 30.6 Å². The first-order chi connectivity index (χ1) is 11.0. The molecule has 5 heteroatoms. The van der Waals surface area contributed by atoms with Crippen molar-refractivity contribution in [2.24, 2.45) is 5.73 Å². The molecule has 0 saturated carbocycles. The van der Waals surface area contributed by atoms with Crippen LogP contribution in [0.4, 0.5) is 0 Å². The highest BCUT2D eigenvalue weighted by Crippen LogP contribution is 2.24. The molecule has 0 aliphatic rings. The Morgan fingerprint density at radius 1 is 1.09 bits per heavy atom. The van der Waals surface area contributed by atoms with Gasteiger partial charge in [0.25, 0.3) is 0 Å². The summed E-state index contributed by atoms with van der Waals surface area (Å²) in [6.45, 7) is 4.02. The number of nitrogens with two attached hydrogens (primary N) is 1. The summed E-state index contributed by atoms with van der Waals surface area (Å²) in [5, 5.41) is -0.289. The average Bonchev–Trinajstić information content (AvgIpc) is 2.55. The second-order valence-corrected chi connectivity index (χ2v) is 6.66. The first-order valence-electron chi connectivity index (χ1n) is 7.24. The van der Waals surface area contributed by atoms with Gasteiger partial charge in [0, 0.05) is 10.5 Å². The maximum absolute atomic E-state index is 12.0. The number of aryl methyl sites for hydroxylation is 1. The molecule has 2 aromatic carbocycles. The van der Waals surface area contributed by atoms with Gasteiger partial charge in [-0.05, 0) is 43.7 Å². The van der Waals surface area contributed by atoms with Gasteiger partial charge in [0.15, 0.2) is 0 Å². The van der Waals surface area contributed by atoms with E-state index >= 15 is 0 Å². The number of thioether (sulfide) groups is 1. The summed E-state index contributed by atoms with van der Waals surface area (Å²) in [5.41, 5.74) is 7.61. The molecular formula is C18H19NO3S. The molecule has 0 radical (unpaired) electrons. The number of carbonyl (C=O) groups excluding carboxylic acids is 2. The number of amides is 1. The fraction of sp³-hybridized carbons (Fsp3) is 0.222. The molecule has 23 heavy (non-hydrogen) atoms. The number of rotatable bonds is 6. The molecule has 0 spiro atoms. The number of ether oxygens (including phenoxy) is 1. The van der Waals surface area contributed by atoms with Crippen molar-refractivity contribution in [3.63, 3.8) is 0 Å². The lowest BCUT2D eigenvalue weighted by molar-refractivity contribution is -0.143. The lowest BCUT2D eigenvalue weighted by atomic mass is 10.1. The molecule has 0 aliphatic carbocycles. The molecule has 0 heterocycles. The standard InChI is InChI=1S/C18H19NO3S/c1-12-3-9-16(10-4-12)23-13(2)18(21)22-11-14-5-7-15(8-6-14)17(19)20/h3-10,13H,11H2,1-2H3,(H2,19,20)/t13-/m1/s1. The number of carbonyl (C=O) groups is 2. The van der Waals surface area contributed by atoms with Crippen LogP contribution in [0.25, 0.3) is 0 Å². The van der Waals surface area contributed by atoms with Crippen LogP contribution >= 0.6 is 11.8 Å². The van der Waals surface area contributed by atoms with E-state index in [2.05, 4.69) is 0 Å². The first-order valence-corrected chi connectivity index (χ1v) is 8.12. The van der Waals surface area contributed by atoms with Gasteiger partial charge in [-0.3, -0.25) is 9.59 Å². The molecule has 2 aromatic rings. The molecule has 0 saturated heterocycles. The van der Waals surface area contributed by atoms with Gasteiger partial charge in [-0.15, -0.1) is 11.8 Å². The molecule has 1 atom stereocenters. The average molecular weight is 329 g/mol. The second kappa shape index (κ2) is 7.83. The number of esters is 1. The number of hydrogen-bond donors (Lipinski definition) is 1.